The summed E-state index contributed by atoms with van der Waals surface area (Å²) in [6.45, 7) is 4.07. The SMILES string of the molecule is CC(C)C(CCO)NC(=O)Nc1cccnc1. The molecule has 0 bridgehead atoms. The zero-order valence-corrected chi connectivity index (χ0v) is 10.2. The van der Waals surface area contributed by atoms with Crippen LogP contribution in [0.3, 0.4) is 0 Å². The highest BCUT2D eigenvalue weighted by Crippen LogP contribution is 2.07. The fourth-order valence-corrected chi connectivity index (χ4v) is 1.48. The molecule has 17 heavy (non-hydrogen) atoms. The number of aliphatic hydroxyl groups is 1. The van der Waals surface area contributed by atoms with Gasteiger partial charge in [-0.3, -0.25) is 4.98 Å². The highest BCUT2D eigenvalue weighted by molar-refractivity contribution is 5.89. The predicted octanol–water partition coefficient (Wildman–Crippen LogP) is 1.61. The van der Waals surface area contributed by atoms with Gasteiger partial charge in [0.1, 0.15) is 0 Å². The second kappa shape index (κ2) is 6.85. The van der Waals surface area contributed by atoms with Crippen molar-refractivity contribution < 1.29 is 9.90 Å². The van der Waals surface area contributed by atoms with Crippen molar-refractivity contribution in [3.63, 3.8) is 0 Å². The van der Waals surface area contributed by atoms with Crippen LogP contribution >= 0.6 is 0 Å². The van der Waals surface area contributed by atoms with Gasteiger partial charge in [0.05, 0.1) is 11.9 Å². The minimum Gasteiger partial charge on any atom is -0.396 e. The summed E-state index contributed by atoms with van der Waals surface area (Å²) in [5, 5.41) is 14.4. The maximum Gasteiger partial charge on any atom is 0.319 e. The van der Waals surface area contributed by atoms with E-state index in [0.717, 1.165) is 0 Å². The fourth-order valence-electron chi connectivity index (χ4n) is 1.48. The smallest absolute Gasteiger partial charge is 0.319 e. The maximum absolute atomic E-state index is 11.7. The molecule has 5 heteroatoms. The summed E-state index contributed by atoms with van der Waals surface area (Å²) in [6, 6.07) is 3.22. The molecule has 5 nitrogen and oxygen atoms in total. The summed E-state index contributed by atoms with van der Waals surface area (Å²) in [6.07, 6.45) is 3.78. The average molecular weight is 237 g/mol. The number of aliphatic hydroxyl groups excluding tert-OH is 1. The molecular formula is C12H19N3O2. The number of aromatic nitrogens is 1. The zero-order valence-electron chi connectivity index (χ0n) is 10.2. The Bertz CT molecular complexity index is 341. The lowest BCUT2D eigenvalue weighted by atomic mass is 10.0. The Morgan fingerprint density at radius 1 is 1.53 bits per heavy atom. The number of pyridine rings is 1. The molecule has 0 saturated heterocycles. The number of anilines is 1. The van der Waals surface area contributed by atoms with E-state index in [-0.39, 0.29) is 24.6 Å². The Kier molecular flexibility index (Phi) is 5.42. The summed E-state index contributed by atoms with van der Waals surface area (Å²) >= 11 is 0. The van der Waals surface area contributed by atoms with Gasteiger partial charge in [0.15, 0.2) is 0 Å². The third-order valence-corrected chi connectivity index (χ3v) is 2.48. The fraction of sp³-hybridized carbons (Fsp3) is 0.500. The Labute approximate surface area is 101 Å². The van der Waals surface area contributed by atoms with Crippen LogP contribution in [0, 0.1) is 5.92 Å². The third-order valence-electron chi connectivity index (χ3n) is 2.48. The molecule has 0 aliphatic heterocycles. The number of nitrogens with one attached hydrogen (secondary N) is 2. The lowest BCUT2D eigenvalue weighted by molar-refractivity contribution is 0.227. The van der Waals surface area contributed by atoms with E-state index in [1.165, 1.54) is 0 Å². The van der Waals surface area contributed by atoms with Crippen LogP contribution in [0.15, 0.2) is 24.5 Å². The molecule has 1 heterocycles. The maximum atomic E-state index is 11.7. The molecule has 1 aromatic rings. The van der Waals surface area contributed by atoms with E-state index in [2.05, 4.69) is 15.6 Å². The molecule has 1 aromatic heterocycles. The van der Waals surface area contributed by atoms with Crippen molar-refractivity contribution in [1.82, 2.24) is 10.3 Å². The molecule has 1 rings (SSSR count). The first-order valence-corrected chi connectivity index (χ1v) is 5.72. The third kappa shape index (κ3) is 4.82. The summed E-state index contributed by atoms with van der Waals surface area (Å²) < 4.78 is 0. The van der Waals surface area contributed by atoms with E-state index >= 15 is 0 Å². The van der Waals surface area contributed by atoms with E-state index < -0.39 is 0 Å². The van der Waals surface area contributed by atoms with Gasteiger partial charge >= 0.3 is 6.03 Å². The van der Waals surface area contributed by atoms with Gasteiger partial charge in [-0.1, -0.05) is 13.8 Å². The lowest BCUT2D eigenvalue weighted by Gasteiger charge is -2.21. The molecule has 0 spiro atoms. The van der Waals surface area contributed by atoms with Crippen LogP contribution in [0.4, 0.5) is 10.5 Å². The predicted molar refractivity (Wildman–Crippen MR) is 66.7 cm³/mol. The van der Waals surface area contributed by atoms with Gasteiger partial charge in [-0.05, 0) is 24.5 Å². The number of carbonyl (C=O) groups excluding carboxylic acids is 1. The van der Waals surface area contributed by atoms with Gasteiger partial charge in [0.25, 0.3) is 0 Å². The van der Waals surface area contributed by atoms with Gasteiger partial charge < -0.3 is 15.7 Å². The Morgan fingerprint density at radius 3 is 2.82 bits per heavy atom. The van der Waals surface area contributed by atoms with Crippen molar-refractivity contribution in [3.8, 4) is 0 Å². The van der Waals surface area contributed by atoms with Crippen molar-refractivity contribution in [3.05, 3.63) is 24.5 Å². The van der Waals surface area contributed by atoms with E-state index in [4.69, 9.17) is 5.11 Å². The second-order valence-electron chi connectivity index (χ2n) is 4.20. The van der Waals surface area contributed by atoms with E-state index in [9.17, 15) is 4.79 Å². The van der Waals surface area contributed by atoms with Crippen LogP contribution in [0.5, 0.6) is 0 Å². The van der Waals surface area contributed by atoms with E-state index in [1.54, 1.807) is 24.5 Å². The first-order valence-electron chi connectivity index (χ1n) is 5.72. The molecule has 0 saturated carbocycles. The number of carbonyl (C=O) groups is 1. The number of amides is 2. The molecule has 94 valence electrons. The van der Waals surface area contributed by atoms with Crippen LogP contribution in [0.25, 0.3) is 0 Å². The summed E-state index contributed by atoms with van der Waals surface area (Å²) in [5.41, 5.74) is 0.650. The molecule has 0 aliphatic rings. The number of rotatable bonds is 5. The van der Waals surface area contributed by atoms with Crippen LogP contribution in [0.2, 0.25) is 0 Å². The largest absolute Gasteiger partial charge is 0.396 e. The summed E-state index contributed by atoms with van der Waals surface area (Å²) in [5.74, 6) is 0.279. The molecule has 0 aromatic carbocycles. The molecule has 3 N–H and O–H groups in total. The van der Waals surface area contributed by atoms with Crippen molar-refractivity contribution in [2.75, 3.05) is 11.9 Å². The normalized spacial score (nSPS) is 12.2. The Hall–Kier alpha value is -1.62. The van der Waals surface area contributed by atoms with Crippen molar-refractivity contribution >= 4 is 11.7 Å². The number of hydrogen-bond acceptors (Lipinski definition) is 3. The van der Waals surface area contributed by atoms with E-state index in [1.807, 2.05) is 13.8 Å². The Morgan fingerprint density at radius 2 is 2.29 bits per heavy atom. The van der Waals surface area contributed by atoms with Crippen molar-refractivity contribution in [1.29, 1.82) is 0 Å². The van der Waals surface area contributed by atoms with Crippen LogP contribution in [0.1, 0.15) is 20.3 Å². The standard InChI is InChI=1S/C12H19N3O2/c1-9(2)11(5-7-16)15-12(17)14-10-4-3-6-13-8-10/h3-4,6,8-9,11,16H,5,7H2,1-2H3,(H2,14,15,17). The topological polar surface area (TPSA) is 74.2 Å². The molecule has 1 atom stereocenters. The van der Waals surface area contributed by atoms with Crippen molar-refractivity contribution in [2.24, 2.45) is 5.92 Å². The first kappa shape index (κ1) is 13.4. The molecule has 0 radical (unpaired) electrons. The van der Waals surface area contributed by atoms with Gasteiger partial charge in [0.2, 0.25) is 0 Å². The number of urea groups is 1. The van der Waals surface area contributed by atoms with Gasteiger partial charge in [-0.25, -0.2) is 4.79 Å². The lowest BCUT2D eigenvalue weighted by Crippen LogP contribution is -2.41. The molecule has 0 aliphatic carbocycles. The molecule has 1 unspecified atom stereocenters. The molecular weight excluding hydrogens is 218 g/mol. The zero-order chi connectivity index (χ0) is 12.7. The highest BCUT2D eigenvalue weighted by Gasteiger charge is 2.15. The minimum absolute atomic E-state index is 0.0309. The molecule has 2 amide bonds. The quantitative estimate of drug-likeness (QED) is 0.728. The minimum atomic E-state index is -0.273. The van der Waals surface area contributed by atoms with E-state index in [0.29, 0.717) is 12.1 Å². The van der Waals surface area contributed by atoms with Gasteiger partial charge in [-0.15, -0.1) is 0 Å². The second-order valence-corrected chi connectivity index (χ2v) is 4.20. The molecule has 0 fully saturated rings. The summed E-state index contributed by atoms with van der Waals surface area (Å²) in [7, 11) is 0. The van der Waals surface area contributed by atoms with Crippen LogP contribution in [-0.4, -0.2) is 28.8 Å². The van der Waals surface area contributed by atoms with Gasteiger partial charge in [-0.2, -0.15) is 0 Å². The van der Waals surface area contributed by atoms with Crippen LogP contribution in [-0.2, 0) is 0 Å². The van der Waals surface area contributed by atoms with Crippen molar-refractivity contribution in [2.45, 2.75) is 26.3 Å². The monoisotopic (exact) mass is 237 g/mol. The van der Waals surface area contributed by atoms with Gasteiger partial charge in [0, 0.05) is 18.8 Å². The number of hydrogen-bond donors (Lipinski definition) is 3. The summed E-state index contributed by atoms with van der Waals surface area (Å²) in [4.78, 5) is 15.6. The van der Waals surface area contributed by atoms with Crippen LogP contribution < -0.4 is 10.6 Å². The Balaban J connectivity index is 2.48. The average Bonchev–Trinajstić information content (AvgIpc) is 2.29. The highest BCUT2D eigenvalue weighted by atomic mass is 16.3. The first-order chi connectivity index (χ1) is 8.13. The number of nitrogens with zero attached hydrogens (tertiary/aromatic N) is 1.